The first-order valence-corrected chi connectivity index (χ1v) is 13.8. The highest BCUT2D eigenvalue weighted by Gasteiger charge is 2.68. The molecule has 2 aliphatic carbocycles. The Morgan fingerprint density at radius 2 is 1.44 bits per heavy atom. The Morgan fingerprint density at radius 3 is 1.94 bits per heavy atom. The molecule has 2 aromatic carbocycles. The van der Waals surface area contributed by atoms with Crippen LogP contribution in [0, 0.1) is 23.7 Å². The predicted octanol–water partition coefficient (Wildman–Crippen LogP) is 4.76. The molecule has 2 saturated carbocycles. The number of hydrazine groups is 1. The van der Waals surface area contributed by atoms with Crippen LogP contribution in [0.2, 0.25) is 5.02 Å². The minimum Gasteiger partial charge on any atom is -0.497 e. The second-order valence-corrected chi connectivity index (χ2v) is 12.0. The number of ketones is 1. The Balaban J connectivity index is 1.53. The molecule has 3 fully saturated rings. The highest BCUT2D eigenvalue weighted by atomic mass is 79.9. The highest BCUT2D eigenvalue weighted by Crippen LogP contribution is 2.60. The molecule has 7 atom stereocenters. The van der Waals surface area contributed by atoms with Gasteiger partial charge in [-0.3, -0.25) is 19.2 Å². The van der Waals surface area contributed by atoms with E-state index in [2.05, 4.69) is 31.9 Å². The van der Waals surface area contributed by atoms with Crippen molar-refractivity contribution in [3.8, 4) is 5.75 Å². The van der Waals surface area contributed by atoms with E-state index in [4.69, 9.17) is 16.3 Å². The Kier molecular flexibility index (Phi) is 6.76. The topological polar surface area (TPSA) is 84.0 Å². The second-order valence-electron chi connectivity index (χ2n) is 9.42. The summed E-state index contributed by atoms with van der Waals surface area (Å²) >= 11 is 13.4. The largest absolute Gasteiger partial charge is 0.497 e. The van der Waals surface area contributed by atoms with Gasteiger partial charge in [-0.15, -0.1) is 0 Å². The standard InChI is InChI=1S/C26H23Br2ClN2O5/c1-12(23(32)13-5-9-16(36-2)10-6-13)30(24(33)14-3-7-15(29)8-4-14)31-25(34)19-17-11-18(20(19)26(31)35)22(28)21(17)27/h3-10,12,17-22H,11H2,1-2H3/t12-,17+,18+,19+,20+,21-,22-/m0/s1. The molecule has 188 valence electrons. The summed E-state index contributed by atoms with van der Waals surface area (Å²) in [6.07, 6.45) is 0.762. The quantitative estimate of drug-likeness (QED) is 0.259. The smallest absolute Gasteiger partial charge is 0.273 e. The number of imide groups is 1. The molecule has 1 heterocycles. The molecule has 5 rings (SSSR count). The molecule has 1 saturated heterocycles. The van der Waals surface area contributed by atoms with Crippen LogP contribution in [0.4, 0.5) is 0 Å². The number of rotatable bonds is 6. The van der Waals surface area contributed by atoms with Crippen molar-refractivity contribution in [3.05, 3.63) is 64.7 Å². The Morgan fingerprint density at radius 1 is 0.944 bits per heavy atom. The van der Waals surface area contributed by atoms with Crippen LogP contribution in [0.3, 0.4) is 0 Å². The van der Waals surface area contributed by atoms with Gasteiger partial charge in [-0.25, -0.2) is 5.01 Å². The number of fused-ring (bicyclic) bond motifs is 5. The number of amides is 3. The van der Waals surface area contributed by atoms with Crippen LogP contribution >= 0.6 is 43.5 Å². The van der Waals surface area contributed by atoms with Crippen LogP contribution in [0.15, 0.2) is 48.5 Å². The molecule has 3 aliphatic rings. The van der Waals surface area contributed by atoms with E-state index in [-0.39, 0.29) is 27.1 Å². The fraction of sp³-hybridized carbons (Fsp3) is 0.385. The molecule has 36 heavy (non-hydrogen) atoms. The first-order valence-electron chi connectivity index (χ1n) is 11.6. The van der Waals surface area contributed by atoms with Crippen molar-refractivity contribution in [2.45, 2.75) is 29.0 Å². The van der Waals surface area contributed by atoms with Crippen LogP contribution in [-0.2, 0) is 9.59 Å². The third kappa shape index (κ3) is 3.90. The van der Waals surface area contributed by atoms with Crippen LogP contribution in [0.1, 0.15) is 34.1 Å². The zero-order valence-corrected chi connectivity index (χ0v) is 23.4. The normalized spacial score (nSPS) is 29.3. The van der Waals surface area contributed by atoms with Gasteiger partial charge < -0.3 is 4.74 Å². The van der Waals surface area contributed by atoms with Gasteiger partial charge in [0.25, 0.3) is 17.7 Å². The summed E-state index contributed by atoms with van der Waals surface area (Å²) in [6, 6.07) is 11.5. The van der Waals surface area contributed by atoms with Gasteiger partial charge in [0.1, 0.15) is 11.8 Å². The third-order valence-corrected chi connectivity index (χ3v) is 11.1. The molecular formula is C26H23Br2ClN2O5. The number of halogens is 3. The van der Waals surface area contributed by atoms with E-state index < -0.39 is 41.4 Å². The van der Waals surface area contributed by atoms with Crippen molar-refractivity contribution in [1.82, 2.24) is 10.0 Å². The monoisotopic (exact) mass is 636 g/mol. The molecule has 0 aromatic heterocycles. The van der Waals surface area contributed by atoms with Crippen molar-refractivity contribution in [1.29, 1.82) is 0 Å². The Hall–Kier alpha value is -2.23. The average molecular weight is 639 g/mol. The lowest BCUT2D eigenvalue weighted by Crippen LogP contribution is -2.56. The van der Waals surface area contributed by atoms with Gasteiger partial charge in [0.15, 0.2) is 5.78 Å². The summed E-state index contributed by atoms with van der Waals surface area (Å²) in [6.45, 7) is 1.53. The van der Waals surface area contributed by atoms with E-state index in [1.165, 1.54) is 26.2 Å². The first kappa shape index (κ1) is 25.4. The van der Waals surface area contributed by atoms with Crippen LogP contribution < -0.4 is 4.74 Å². The van der Waals surface area contributed by atoms with Gasteiger partial charge in [0.05, 0.1) is 18.9 Å². The number of ether oxygens (including phenoxy) is 1. The summed E-state index contributed by atoms with van der Waals surface area (Å²) in [4.78, 5) is 54.9. The lowest BCUT2D eigenvalue weighted by molar-refractivity contribution is -0.157. The van der Waals surface area contributed by atoms with E-state index in [9.17, 15) is 19.2 Å². The number of hydrogen-bond donors (Lipinski definition) is 0. The van der Waals surface area contributed by atoms with E-state index in [0.717, 1.165) is 16.4 Å². The number of Topliss-reactive ketones (excluding diaryl/α,β-unsaturated/α-hetero) is 1. The molecule has 2 bridgehead atoms. The lowest BCUT2D eigenvalue weighted by atomic mass is 9.81. The molecular weight excluding hydrogens is 616 g/mol. The third-order valence-electron chi connectivity index (χ3n) is 7.60. The van der Waals surface area contributed by atoms with Crippen LogP contribution in [0.25, 0.3) is 0 Å². The predicted molar refractivity (Wildman–Crippen MR) is 140 cm³/mol. The molecule has 1 aliphatic heterocycles. The number of alkyl halides is 2. The van der Waals surface area contributed by atoms with Crippen molar-refractivity contribution in [2.24, 2.45) is 23.7 Å². The van der Waals surface area contributed by atoms with Gasteiger partial charge in [0.2, 0.25) is 0 Å². The van der Waals surface area contributed by atoms with Gasteiger partial charge in [-0.05, 0) is 73.7 Å². The maximum absolute atomic E-state index is 13.8. The number of carbonyl (C=O) groups is 4. The Labute approximate surface area is 230 Å². The first-order chi connectivity index (χ1) is 17.1. The summed E-state index contributed by atoms with van der Waals surface area (Å²) in [5.74, 6) is -2.41. The Bertz CT molecular complexity index is 1210. The van der Waals surface area contributed by atoms with Gasteiger partial charge in [-0.2, -0.15) is 5.01 Å². The minimum atomic E-state index is -1.12. The fourth-order valence-electron chi connectivity index (χ4n) is 5.82. The average Bonchev–Trinajstić information content (AvgIpc) is 3.49. The number of carbonyl (C=O) groups excluding carboxylic acids is 4. The van der Waals surface area contributed by atoms with Crippen molar-refractivity contribution < 1.29 is 23.9 Å². The molecule has 0 N–H and O–H groups in total. The summed E-state index contributed by atoms with van der Waals surface area (Å²) in [5, 5.41) is 2.40. The number of hydrogen-bond acceptors (Lipinski definition) is 5. The zero-order valence-electron chi connectivity index (χ0n) is 19.4. The molecule has 0 unspecified atom stereocenters. The van der Waals surface area contributed by atoms with E-state index in [1.807, 2.05) is 0 Å². The van der Waals surface area contributed by atoms with Crippen LogP contribution in [0.5, 0.6) is 5.75 Å². The molecule has 2 aromatic rings. The number of methoxy groups -OCH3 is 1. The molecule has 7 nitrogen and oxygen atoms in total. The minimum absolute atomic E-state index is 0.0223. The molecule has 10 heteroatoms. The molecule has 0 radical (unpaired) electrons. The highest BCUT2D eigenvalue weighted by molar-refractivity contribution is 9.12. The molecule has 0 spiro atoms. The molecule has 3 amide bonds. The SMILES string of the molecule is COc1ccc(C(=O)[C@H](C)N(C(=O)c2ccc(Cl)cc2)N2C(=O)[C@@H]3[C@H]4C[C@@H]([C@H](Br)[C@H]4Br)[C@H]3C2=O)cc1. The summed E-state index contributed by atoms with van der Waals surface area (Å²) < 4.78 is 5.17. The maximum Gasteiger partial charge on any atom is 0.273 e. The van der Waals surface area contributed by atoms with Crippen LogP contribution in [-0.4, -0.2) is 56.3 Å². The van der Waals surface area contributed by atoms with Crippen molar-refractivity contribution >= 4 is 67.0 Å². The summed E-state index contributed by atoms with van der Waals surface area (Å²) in [7, 11) is 1.52. The lowest BCUT2D eigenvalue weighted by Gasteiger charge is -2.35. The van der Waals surface area contributed by atoms with Crippen molar-refractivity contribution in [2.75, 3.05) is 7.11 Å². The van der Waals surface area contributed by atoms with Gasteiger partial charge >= 0.3 is 0 Å². The summed E-state index contributed by atoms with van der Waals surface area (Å²) in [5.41, 5.74) is 0.545. The number of nitrogens with zero attached hydrogens (tertiary/aromatic N) is 2. The van der Waals surface area contributed by atoms with Crippen molar-refractivity contribution in [3.63, 3.8) is 0 Å². The van der Waals surface area contributed by atoms with E-state index in [0.29, 0.717) is 16.3 Å². The number of benzene rings is 2. The van der Waals surface area contributed by atoms with Gasteiger partial charge in [-0.1, -0.05) is 43.5 Å². The zero-order chi connectivity index (χ0) is 25.9. The fourth-order valence-corrected chi connectivity index (χ4v) is 7.82. The van der Waals surface area contributed by atoms with E-state index in [1.54, 1.807) is 36.4 Å². The van der Waals surface area contributed by atoms with Gasteiger partial charge in [0, 0.05) is 25.8 Å². The second kappa shape index (κ2) is 9.58. The maximum atomic E-state index is 13.8. The van der Waals surface area contributed by atoms with E-state index >= 15 is 0 Å².